The Morgan fingerprint density at radius 2 is 1.84 bits per heavy atom. The molecule has 2 amide bonds. The first kappa shape index (κ1) is 28.1. The molecule has 0 spiro atoms. The summed E-state index contributed by atoms with van der Waals surface area (Å²) in [6, 6.07) is 4.99. The summed E-state index contributed by atoms with van der Waals surface area (Å²) < 4.78 is 102. The van der Waals surface area contributed by atoms with Crippen molar-refractivity contribution in [3.8, 4) is 0 Å². The van der Waals surface area contributed by atoms with Crippen molar-refractivity contribution in [2.75, 3.05) is 18.2 Å². The Hall–Kier alpha value is -2.94. The van der Waals surface area contributed by atoms with Crippen molar-refractivity contribution in [1.29, 1.82) is 0 Å². The van der Waals surface area contributed by atoms with Crippen LogP contribution in [0.25, 0.3) is 0 Å². The molecule has 0 saturated heterocycles. The van der Waals surface area contributed by atoms with E-state index in [2.05, 4.69) is 14.8 Å². The first-order valence-electron chi connectivity index (χ1n) is 11.4. The van der Waals surface area contributed by atoms with Gasteiger partial charge in [-0.15, -0.1) is 0 Å². The molecule has 2 aliphatic rings. The molecule has 2 saturated carbocycles. The SMILES string of the molecule is CC1(Cn2nc(C3(F)CC3)c(C(F)(F)F)c2C(=O)Nc2cccc([S@@](C)(=O)=NC(=O)CO)c2)CC(F)(F)C1. The predicted molar refractivity (Wildman–Crippen MR) is 123 cm³/mol. The molecule has 2 aromatic rings. The van der Waals surface area contributed by atoms with Crippen LogP contribution in [0.4, 0.5) is 32.0 Å². The predicted octanol–water partition coefficient (Wildman–Crippen LogP) is 4.52. The van der Waals surface area contributed by atoms with E-state index >= 15 is 0 Å². The number of halogens is 6. The van der Waals surface area contributed by atoms with Gasteiger partial charge in [-0.1, -0.05) is 13.0 Å². The van der Waals surface area contributed by atoms with Crippen LogP contribution in [0.3, 0.4) is 0 Å². The summed E-state index contributed by atoms with van der Waals surface area (Å²) in [5, 5.41) is 14.9. The number of aliphatic hydroxyl groups is 1. The Labute approximate surface area is 213 Å². The minimum atomic E-state index is -5.19. The molecular weight excluding hydrogens is 542 g/mol. The lowest BCUT2D eigenvalue weighted by Crippen LogP contribution is -2.47. The molecule has 4 rings (SSSR count). The molecule has 2 aliphatic carbocycles. The van der Waals surface area contributed by atoms with Gasteiger partial charge in [-0.05, 0) is 36.5 Å². The lowest BCUT2D eigenvalue weighted by molar-refractivity contribution is -0.160. The molecule has 8 nitrogen and oxygen atoms in total. The lowest BCUT2D eigenvalue weighted by atomic mass is 9.67. The maximum absolute atomic E-state index is 15.0. The zero-order chi connectivity index (χ0) is 28.3. The van der Waals surface area contributed by atoms with E-state index < -0.39 is 87.7 Å². The van der Waals surface area contributed by atoms with E-state index in [1.807, 2.05) is 0 Å². The van der Waals surface area contributed by atoms with Crippen LogP contribution in [0.2, 0.25) is 0 Å². The van der Waals surface area contributed by atoms with Crippen molar-refractivity contribution in [2.24, 2.45) is 9.78 Å². The van der Waals surface area contributed by atoms with Gasteiger partial charge >= 0.3 is 6.18 Å². The molecule has 1 atom stereocenters. The maximum atomic E-state index is 15.0. The number of hydrogen-bond acceptors (Lipinski definition) is 5. The van der Waals surface area contributed by atoms with Crippen LogP contribution >= 0.6 is 0 Å². The van der Waals surface area contributed by atoms with Crippen molar-refractivity contribution in [1.82, 2.24) is 9.78 Å². The largest absolute Gasteiger partial charge is 0.420 e. The second-order valence-electron chi connectivity index (χ2n) is 10.1. The molecule has 0 aliphatic heterocycles. The molecular formula is C23H24F6N4O4S. The third kappa shape index (κ3) is 5.58. The van der Waals surface area contributed by atoms with Crippen molar-refractivity contribution < 1.29 is 45.2 Å². The second kappa shape index (κ2) is 9.07. The zero-order valence-corrected chi connectivity index (χ0v) is 21.1. The molecule has 208 valence electrons. The van der Waals surface area contributed by atoms with Crippen LogP contribution < -0.4 is 5.32 Å². The van der Waals surface area contributed by atoms with E-state index in [0.29, 0.717) is 4.68 Å². The minimum Gasteiger partial charge on any atom is -0.386 e. The Kier molecular flexibility index (Phi) is 6.70. The number of carbonyl (C=O) groups excluding carboxylic acids is 2. The van der Waals surface area contributed by atoms with Gasteiger partial charge in [0, 0.05) is 36.2 Å². The lowest BCUT2D eigenvalue weighted by Gasteiger charge is -2.44. The van der Waals surface area contributed by atoms with Gasteiger partial charge in [0.1, 0.15) is 23.6 Å². The maximum Gasteiger partial charge on any atom is 0.420 e. The number of nitrogens with one attached hydrogen (secondary N) is 1. The molecule has 2 N–H and O–H groups in total. The van der Waals surface area contributed by atoms with Crippen LogP contribution in [-0.4, -0.2) is 49.7 Å². The van der Waals surface area contributed by atoms with E-state index in [0.717, 1.165) is 12.3 Å². The Morgan fingerprint density at radius 3 is 2.37 bits per heavy atom. The molecule has 0 unspecified atom stereocenters. The quantitative estimate of drug-likeness (QED) is 0.479. The number of nitrogens with zero attached hydrogens (tertiary/aromatic N) is 3. The number of aromatic nitrogens is 2. The minimum absolute atomic E-state index is 0.0627. The van der Waals surface area contributed by atoms with Gasteiger partial charge in [0.15, 0.2) is 5.67 Å². The number of alkyl halides is 6. The summed E-state index contributed by atoms with van der Waals surface area (Å²) in [5.74, 6) is -5.40. The summed E-state index contributed by atoms with van der Waals surface area (Å²) in [6.45, 7) is -0.0499. The number of hydrogen-bond donors (Lipinski definition) is 2. The summed E-state index contributed by atoms with van der Waals surface area (Å²) >= 11 is 0. The van der Waals surface area contributed by atoms with Gasteiger partial charge in [0.25, 0.3) is 11.8 Å². The van der Waals surface area contributed by atoms with E-state index in [1.54, 1.807) is 0 Å². The van der Waals surface area contributed by atoms with Crippen LogP contribution in [-0.2, 0) is 32.9 Å². The first-order valence-corrected chi connectivity index (χ1v) is 13.3. The number of amides is 2. The standard InChI is InChI=1S/C23H24F6N4O4S/c1-20(10-22(25,26)11-20)12-33-17(16(23(27,28)29)18(31-33)21(24)6-7-21)19(36)30-13-4-3-5-14(8-13)38(2,37)32-15(35)9-34/h3-5,8,34H,6-7,9-12H2,1-2H3,(H,30,36)/t38-/m1/s1. The van der Waals surface area contributed by atoms with Gasteiger partial charge in [-0.3, -0.25) is 14.3 Å². The van der Waals surface area contributed by atoms with E-state index in [-0.39, 0.29) is 23.4 Å². The zero-order valence-electron chi connectivity index (χ0n) is 20.2. The summed E-state index contributed by atoms with van der Waals surface area (Å²) in [6.07, 6.45) is -5.83. The van der Waals surface area contributed by atoms with E-state index in [4.69, 9.17) is 5.11 Å². The summed E-state index contributed by atoms with van der Waals surface area (Å²) in [7, 11) is -3.38. The van der Waals surface area contributed by atoms with Gasteiger partial charge < -0.3 is 10.4 Å². The highest BCUT2D eigenvalue weighted by Gasteiger charge is 2.57. The number of carbonyl (C=O) groups is 2. The fourth-order valence-corrected chi connectivity index (χ4v) is 5.91. The fraction of sp³-hybridized carbons (Fsp3) is 0.522. The normalized spacial score (nSPS) is 20.7. The monoisotopic (exact) mass is 566 g/mol. The van der Waals surface area contributed by atoms with Crippen molar-refractivity contribution in [2.45, 2.75) is 61.8 Å². The third-order valence-electron chi connectivity index (χ3n) is 6.41. The van der Waals surface area contributed by atoms with Crippen LogP contribution in [0.15, 0.2) is 33.5 Å². The van der Waals surface area contributed by atoms with Gasteiger partial charge in [-0.25, -0.2) is 17.4 Å². The number of aliphatic hydroxyl groups excluding tert-OH is 1. The number of benzene rings is 1. The Balaban J connectivity index is 1.75. The Bertz CT molecular complexity index is 1420. The topological polar surface area (TPSA) is 114 Å². The number of anilines is 1. The average Bonchev–Trinajstić information content (AvgIpc) is 3.38. The van der Waals surface area contributed by atoms with Crippen molar-refractivity contribution >= 4 is 27.2 Å². The van der Waals surface area contributed by atoms with Crippen LogP contribution in [0.5, 0.6) is 0 Å². The first-order chi connectivity index (χ1) is 17.4. The highest BCUT2D eigenvalue weighted by molar-refractivity contribution is 7.93. The molecule has 1 aromatic heterocycles. The smallest absolute Gasteiger partial charge is 0.386 e. The van der Waals surface area contributed by atoms with E-state index in [9.17, 15) is 40.1 Å². The van der Waals surface area contributed by atoms with E-state index in [1.165, 1.54) is 25.1 Å². The molecule has 15 heteroatoms. The third-order valence-corrected chi connectivity index (χ3v) is 8.09. The summed E-state index contributed by atoms with van der Waals surface area (Å²) in [5.41, 5.74) is -7.26. The molecule has 1 heterocycles. The molecule has 0 bridgehead atoms. The molecule has 38 heavy (non-hydrogen) atoms. The van der Waals surface area contributed by atoms with Crippen LogP contribution in [0.1, 0.15) is 54.4 Å². The van der Waals surface area contributed by atoms with Crippen LogP contribution in [0, 0.1) is 5.41 Å². The second-order valence-corrected chi connectivity index (χ2v) is 12.4. The highest BCUT2D eigenvalue weighted by Crippen LogP contribution is 2.55. The fourth-order valence-electron chi connectivity index (χ4n) is 4.68. The van der Waals surface area contributed by atoms with Gasteiger partial charge in [0.05, 0.1) is 9.73 Å². The molecule has 0 radical (unpaired) electrons. The van der Waals surface area contributed by atoms with Gasteiger partial charge in [0.2, 0.25) is 5.92 Å². The molecule has 1 aromatic carbocycles. The Morgan fingerprint density at radius 1 is 1.21 bits per heavy atom. The number of rotatable bonds is 7. The van der Waals surface area contributed by atoms with Crippen molar-refractivity contribution in [3.05, 3.63) is 41.2 Å². The highest BCUT2D eigenvalue weighted by atomic mass is 32.2. The molecule has 2 fully saturated rings. The van der Waals surface area contributed by atoms with Gasteiger partial charge in [-0.2, -0.15) is 22.6 Å². The summed E-state index contributed by atoms with van der Waals surface area (Å²) in [4.78, 5) is 24.6. The average molecular weight is 567 g/mol. The van der Waals surface area contributed by atoms with Crippen molar-refractivity contribution in [3.63, 3.8) is 0 Å².